The van der Waals surface area contributed by atoms with Gasteiger partial charge in [-0.25, -0.2) is 21.8 Å². The van der Waals surface area contributed by atoms with Crippen molar-refractivity contribution in [3.05, 3.63) is 48.0 Å². The quantitative estimate of drug-likeness (QED) is 0.636. The van der Waals surface area contributed by atoms with Crippen LogP contribution in [0.3, 0.4) is 0 Å². The minimum absolute atomic E-state index is 0.137. The van der Waals surface area contributed by atoms with Gasteiger partial charge in [-0.1, -0.05) is 29.0 Å². The average Bonchev–Trinajstić information content (AvgIpc) is 3.09. The summed E-state index contributed by atoms with van der Waals surface area (Å²) in [5.74, 6) is 0. The molecular formula is C18H19N3O5S3. The van der Waals surface area contributed by atoms with Crippen LogP contribution in [0.15, 0.2) is 52.3 Å². The van der Waals surface area contributed by atoms with Crippen LogP contribution in [0.1, 0.15) is 5.56 Å². The lowest BCUT2D eigenvalue weighted by Crippen LogP contribution is -2.40. The Kier molecular flexibility index (Phi) is 5.34. The predicted octanol–water partition coefficient (Wildman–Crippen LogP) is 2.43. The second-order valence-electron chi connectivity index (χ2n) is 6.58. The highest BCUT2D eigenvalue weighted by atomic mass is 32.2. The number of rotatable bonds is 5. The highest BCUT2D eigenvalue weighted by molar-refractivity contribution is 7.93. The molecule has 0 amide bonds. The number of hydrogen-bond acceptors (Lipinski definition) is 7. The fourth-order valence-corrected chi connectivity index (χ4v) is 6.59. The van der Waals surface area contributed by atoms with Gasteiger partial charge < -0.3 is 4.74 Å². The lowest BCUT2D eigenvalue weighted by Gasteiger charge is -2.25. The summed E-state index contributed by atoms with van der Waals surface area (Å²) in [6, 6.07) is 11.1. The highest BCUT2D eigenvalue weighted by Crippen LogP contribution is 2.30. The minimum atomic E-state index is -3.78. The molecule has 2 aromatic carbocycles. The number of sulfonamides is 2. The molecule has 0 atom stereocenters. The van der Waals surface area contributed by atoms with E-state index in [-0.39, 0.29) is 14.9 Å². The van der Waals surface area contributed by atoms with Gasteiger partial charge in [-0.2, -0.15) is 4.31 Å². The molecule has 3 aromatic rings. The number of hydrogen-bond donors (Lipinski definition) is 1. The number of aryl methyl sites for hydroxylation is 1. The van der Waals surface area contributed by atoms with Crippen LogP contribution in [0.5, 0.6) is 0 Å². The molecule has 0 spiro atoms. The van der Waals surface area contributed by atoms with Gasteiger partial charge in [0.1, 0.15) is 0 Å². The normalized spacial score (nSPS) is 16.2. The molecule has 0 radical (unpaired) electrons. The van der Waals surface area contributed by atoms with E-state index < -0.39 is 20.0 Å². The largest absolute Gasteiger partial charge is 0.379 e. The van der Waals surface area contributed by atoms with E-state index >= 15 is 0 Å². The maximum absolute atomic E-state index is 12.8. The summed E-state index contributed by atoms with van der Waals surface area (Å²) in [4.78, 5) is 4.57. The Bertz CT molecular complexity index is 1250. The van der Waals surface area contributed by atoms with Crippen LogP contribution in [0.2, 0.25) is 0 Å². The Morgan fingerprint density at radius 1 is 1.00 bits per heavy atom. The van der Waals surface area contributed by atoms with Gasteiger partial charge in [0.15, 0.2) is 5.13 Å². The van der Waals surface area contributed by atoms with Crippen LogP contribution in [0.4, 0.5) is 5.13 Å². The maximum Gasteiger partial charge on any atom is 0.263 e. The van der Waals surface area contributed by atoms with Crippen LogP contribution in [0, 0.1) is 6.92 Å². The van der Waals surface area contributed by atoms with Crippen molar-refractivity contribution < 1.29 is 21.6 Å². The first kappa shape index (κ1) is 20.2. The molecule has 154 valence electrons. The molecule has 1 aliphatic rings. The van der Waals surface area contributed by atoms with E-state index in [1.165, 1.54) is 28.6 Å². The third-order valence-electron chi connectivity index (χ3n) is 4.52. The number of fused-ring (bicyclic) bond motifs is 1. The zero-order valence-corrected chi connectivity index (χ0v) is 18.0. The fourth-order valence-electron chi connectivity index (χ4n) is 2.94. The lowest BCUT2D eigenvalue weighted by molar-refractivity contribution is 0.0730. The summed E-state index contributed by atoms with van der Waals surface area (Å²) in [5, 5.41) is 0.182. The van der Waals surface area contributed by atoms with Crippen molar-refractivity contribution in [2.75, 3.05) is 31.0 Å². The van der Waals surface area contributed by atoms with Crippen molar-refractivity contribution in [1.82, 2.24) is 9.29 Å². The maximum atomic E-state index is 12.8. The van der Waals surface area contributed by atoms with Crippen LogP contribution in [0.25, 0.3) is 10.2 Å². The summed E-state index contributed by atoms with van der Waals surface area (Å²) < 4.78 is 60.4. The molecule has 11 heteroatoms. The second kappa shape index (κ2) is 7.65. The minimum Gasteiger partial charge on any atom is -0.379 e. The summed E-state index contributed by atoms with van der Waals surface area (Å²) in [5.41, 5.74) is 1.48. The first-order valence-electron chi connectivity index (χ1n) is 8.84. The fraction of sp³-hybridized carbons (Fsp3) is 0.278. The van der Waals surface area contributed by atoms with E-state index in [9.17, 15) is 16.8 Å². The van der Waals surface area contributed by atoms with Crippen LogP contribution in [-0.4, -0.2) is 52.4 Å². The molecule has 1 N–H and O–H groups in total. The highest BCUT2D eigenvalue weighted by Gasteiger charge is 2.27. The Balaban J connectivity index is 1.62. The zero-order valence-electron chi connectivity index (χ0n) is 15.5. The molecule has 2 heterocycles. The predicted molar refractivity (Wildman–Crippen MR) is 111 cm³/mol. The molecule has 29 heavy (non-hydrogen) atoms. The summed E-state index contributed by atoms with van der Waals surface area (Å²) >= 11 is 1.09. The first-order chi connectivity index (χ1) is 13.8. The third kappa shape index (κ3) is 4.14. The molecule has 4 rings (SSSR count). The van der Waals surface area contributed by atoms with E-state index in [0.717, 1.165) is 16.9 Å². The van der Waals surface area contributed by atoms with Crippen molar-refractivity contribution in [1.29, 1.82) is 0 Å². The zero-order chi connectivity index (χ0) is 20.6. The number of nitrogens with zero attached hydrogens (tertiary/aromatic N) is 2. The average molecular weight is 454 g/mol. The summed E-state index contributed by atoms with van der Waals surface area (Å²) in [6.45, 7) is 3.23. The van der Waals surface area contributed by atoms with E-state index in [1.54, 1.807) is 18.2 Å². The number of aromatic nitrogens is 1. The monoisotopic (exact) mass is 453 g/mol. The smallest absolute Gasteiger partial charge is 0.263 e. The van der Waals surface area contributed by atoms with Gasteiger partial charge in [0.2, 0.25) is 10.0 Å². The lowest BCUT2D eigenvalue weighted by atomic mass is 10.2. The molecule has 0 unspecified atom stereocenters. The molecule has 1 aliphatic heterocycles. The SMILES string of the molecule is Cc1ccc(S(=O)(=O)Nc2nc3ccc(S(=O)(=O)N4CCOCC4)cc3s2)cc1. The topological polar surface area (TPSA) is 106 Å². The van der Waals surface area contributed by atoms with Crippen LogP contribution < -0.4 is 4.72 Å². The number of anilines is 1. The molecule has 1 aromatic heterocycles. The van der Waals surface area contributed by atoms with Crippen molar-refractivity contribution in [2.24, 2.45) is 0 Å². The number of thiazole rings is 1. The van der Waals surface area contributed by atoms with Gasteiger partial charge in [-0.3, -0.25) is 4.72 Å². The van der Waals surface area contributed by atoms with E-state index in [0.29, 0.717) is 36.5 Å². The second-order valence-corrected chi connectivity index (χ2v) is 11.2. The summed E-state index contributed by atoms with van der Waals surface area (Å²) in [6.07, 6.45) is 0. The van der Waals surface area contributed by atoms with Crippen molar-refractivity contribution in [3.63, 3.8) is 0 Å². The van der Waals surface area contributed by atoms with Gasteiger partial charge in [0, 0.05) is 13.1 Å². The number of morpholine rings is 1. The third-order valence-corrected chi connectivity index (χ3v) is 8.83. The molecule has 0 bridgehead atoms. The van der Waals surface area contributed by atoms with Gasteiger partial charge >= 0.3 is 0 Å². The van der Waals surface area contributed by atoms with Crippen molar-refractivity contribution >= 4 is 46.7 Å². The standard InChI is InChI=1S/C18H19N3O5S3/c1-13-2-4-14(5-3-13)28(22,23)20-18-19-16-7-6-15(12-17(16)27-18)29(24,25)21-8-10-26-11-9-21/h2-7,12H,8-11H2,1H3,(H,19,20). The van der Waals surface area contributed by atoms with Gasteiger partial charge in [-0.15, -0.1) is 0 Å². The molecule has 0 saturated carbocycles. The van der Waals surface area contributed by atoms with E-state index in [2.05, 4.69) is 9.71 Å². The Morgan fingerprint density at radius 2 is 1.66 bits per heavy atom. The van der Waals surface area contributed by atoms with E-state index in [4.69, 9.17) is 4.74 Å². The molecule has 8 nitrogen and oxygen atoms in total. The van der Waals surface area contributed by atoms with Gasteiger partial charge in [-0.05, 0) is 37.3 Å². The Labute approximate surface area is 173 Å². The van der Waals surface area contributed by atoms with Gasteiger partial charge in [0.25, 0.3) is 10.0 Å². The van der Waals surface area contributed by atoms with Crippen molar-refractivity contribution in [2.45, 2.75) is 16.7 Å². The van der Waals surface area contributed by atoms with Crippen LogP contribution >= 0.6 is 11.3 Å². The van der Waals surface area contributed by atoms with Crippen molar-refractivity contribution in [3.8, 4) is 0 Å². The molecular weight excluding hydrogens is 434 g/mol. The van der Waals surface area contributed by atoms with Gasteiger partial charge in [0.05, 0.1) is 33.2 Å². The Morgan fingerprint density at radius 3 is 2.34 bits per heavy atom. The number of ether oxygens (including phenoxy) is 1. The molecule has 0 aliphatic carbocycles. The summed E-state index contributed by atoms with van der Waals surface area (Å²) in [7, 11) is -7.41. The number of nitrogens with one attached hydrogen (secondary N) is 1. The molecule has 1 saturated heterocycles. The first-order valence-corrected chi connectivity index (χ1v) is 12.6. The Hall–Kier alpha value is -2.05. The number of benzene rings is 2. The van der Waals surface area contributed by atoms with Crippen LogP contribution in [-0.2, 0) is 24.8 Å². The van der Waals surface area contributed by atoms with E-state index in [1.807, 2.05) is 6.92 Å². The molecule has 1 fully saturated rings.